The van der Waals surface area contributed by atoms with Crippen molar-refractivity contribution < 1.29 is 0 Å². The number of hydrogen-bond acceptors (Lipinski definition) is 2. The first-order chi connectivity index (χ1) is 4.70. The van der Waals surface area contributed by atoms with E-state index in [0.29, 0.717) is 10.5 Å². The minimum Gasteiger partial charge on any atom is -0.176 e. The molecule has 0 nitrogen and oxygen atoms in total. The van der Waals surface area contributed by atoms with Crippen molar-refractivity contribution in [3.05, 3.63) is 0 Å². The molecule has 2 atom stereocenters. The molecule has 0 bridgehead atoms. The molecule has 0 heterocycles. The smallest absolute Gasteiger partial charge is 0.00145 e. The molecule has 0 amide bonds. The van der Waals surface area contributed by atoms with Crippen LogP contribution >= 0.6 is 25.3 Å². The van der Waals surface area contributed by atoms with Gasteiger partial charge in [0.1, 0.15) is 0 Å². The van der Waals surface area contributed by atoms with Gasteiger partial charge in [0.25, 0.3) is 0 Å². The van der Waals surface area contributed by atoms with Crippen molar-refractivity contribution in [3.63, 3.8) is 0 Å². The lowest BCUT2D eigenvalue weighted by molar-refractivity contribution is 0.652. The van der Waals surface area contributed by atoms with Crippen LogP contribution in [0, 0.1) is 0 Å². The Morgan fingerprint density at radius 3 is 1.40 bits per heavy atom. The Morgan fingerprint density at radius 2 is 1.20 bits per heavy atom. The van der Waals surface area contributed by atoms with Crippen LogP contribution in [0.3, 0.4) is 0 Å². The Bertz CT molecular complexity index is 63.7. The van der Waals surface area contributed by atoms with Crippen molar-refractivity contribution in [2.75, 3.05) is 0 Å². The minimum absolute atomic E-state index is 0.584. The highest BCUT2D eigenvalue weighted by atomic mass is 32.1. The van der Waals surface area contributed by atoms with Gasteiger partial charge >= 0.3 is 0 Å². The second kappa shape index (κ2) is 6.41. The summed E-state index contributed by atoms with van der Waals surface area (Å²) in [6.07, 6.45) is 4.77. The van der Waals surface area contributed by atoms with Gasteiger partial charge in [0.05, 0.1) is 0 Å². The molecule has 0 spiro atoms. The minimum atomic E-state index is 0.584. The molecule has 0 aliphatic carbocycles. The van der Waals surface area contributed by atoms with Crippen LogP contribution in [0.1, 0.15) is 39.5 Å². The Kier molecular flexibility index (Phi) is 6.86. The van der Waals surface area contributed by atoms with Gasteiger partial charge in [-0.1, -0.05) is 13.8 Å². The molecular formula is C8H18S2. The zero-order chi connectivity index (χ0) is 7.98. The second-order valence-corrected chi connectivity index (χ2v) is 4.16. The van der Waals surface area contributed by atoms with Crippen LogP contribution in [0.5, 0.6) is 0 Å². The molecule has 2 heteroatoms. The first kappa shape index (κ1) is 10.7. The van der Waals surface area contributed by atoms with Crippen molar-refractivity contribution in [1.29, 1.82) is 0 Å². The summed E-state index contributed by atoms with van der Waals surface area (Å²) in [5.41, 5.74) is 0. The molecule has 0 aliphatic rings. The lowest BCUT2D eigenvalue weighted by atomic mass is 10.1. The number of thiol groups is 2. The monoisotopic (exact) mass is 178 g/mol. The summed E-state index contributed by atoms with van der Waals surface area (Å²) in [5.74, 6) is 0. The zero-order valence-electron chi connectivity index (χ0n) is 6.88. The first-order valence-corrected chi connectivity index (χ1v) is 5.10. The van der Waals surface area contributed by atoms with Gasteiger partial charge in [-0.2, -0.15) is 25.3 Å². The van der Waals surface area contributed by atoms with Crippen LogP contribution in [0.25, 0.3) is 0 Å². The molecule has 0 aromatic heterocycles. The van der Waals surface area contributed by atoms with Crippen LogP contribution in [-0.2, 0) is 0 Å². The maximum atomic E-state index is 4.41. The van der Waals surface area contributed by atoms with Gasteiger partial charge in [0, 0.05) is 10.5 Å². The highest BCUT2D eigenvalue weighted by Crippen LogP contribution is 2.15. The topological polar surface area (TPSA) is 0 Å². The average Bonchev–Trinajstić information content (AvgIpc) is 1.99. The van der Waals surface area contributed by atoms with E-state index in [9.17, 15) is 0 Å². The van der Waals surface area contributed by atoms with E-state index in [0.717, 1.165) is 0 Å². The molecule has 0 rings (SSSR count). The van der Waals surface area contributed by atoms with E-state index in [2.05, 4.69) is 39.1 Å². The molecule has 62 valence electrons. The Labute approximate surface area is 75.6 Å². The molecule has 0 fully saturated rings. The van der Waals surface area contributed by atoms with E-state index >= 15 is 0 Å². The molecule has 2 unspecified atom stereocenters. The summed E-state index contributed by atoms with van der Waals surface area (Å²) in [6.45, 7) is 4.36. The molecule has 0 saturated heterocycles. The fourth-order valence-corrected chi connectivity index (χ4v) is 1.09. The Morgan fingerprint density at radius 1 is 0.900 bits per heavy atom. The summed E-state index contributed by atoms with van der Waals surface area (Å²) in [6, 6.07) is 0. The highest BCUT2D eigenvalue weighted by molar-refractivity contribution is 7.81. The summed E-state index contributed by atoms with van der Waals surface area (Å²) in [7, 11) is 0. The van der Waals surface area contributed by atoms with Crippen LogP contribution in [0.15, 0.2) is 0 Å². The standard InChI is InChI=1S/C8H18S2/c1-3-7(9)5-6-8(10)4-2/h7-10H,3-6H2,1-2H3. The largest absolute Gasteiger partial charge is 0.176 e. The van der Waals surface area contributed by atoms with Crippen molar-refractivity contribution >= 4 is 25.3 Å². The molecular weight excluding hydrogens is 160 g/mol. The average molecular weight is 178 g/mol. The van der Waals surface area contributed by atoms with Gasteiger partial charge in [0.2, 0.25) is 0 Å². The van der Waals surface area contributed by atoms with Gasteiger partial charge in [0.15, 0.2) is 0 Å². The molecule has 10 heavy (non-hydrogen) atoms. The fraction of sp³-hybridized carbons (Fsp3) is 1.00. The maximum absolute atomic E-state index is 4.41. The van der Waals surface area contributed by atoms with E-state index < -0.39 is 0 Å². The molecule has 0 aromatic rings. The van der Waals surface area contributed by atoms with Crippen molar-refractivity contribution in [2.24, 2.45) is 0 Å². The number of rotatable bonds is 5. The molecule has 0 N–H and O–H groups in total. The highest BCUT2D eigenvalue weighted by Gasteiger charge is 2.03. The van der Waals surface area contributed by atoms with Gasteiger partial charge in [-0.15, -0.1) is 0 Å². The van der Waals surface area contributed by atoms with E-state index in [1.165, 1.54) is 25.7 Å². The lowest BCUT2D eigenvalue weighted by Gasteiger charge is -2.10. The van der Waals surface area contributed by atoms with Crippen LogP contribution in [0.2, 0.25) is 0 Å². The van der Waals surface area contributed by atoms with Crippen molar-refractivity contribution in [1.82, 2.24) is 0 Å². The summed E-state index contributed by atoms with van der Waals surface area (Å²) < 4.78 is 0. The SMILES string of the molecule is CCC(S)CCC(S)CC. The fourth-order valence-electron chi connectivity index (χ4n) is 0.793. The molecule has 0 saturated carbocycles. The van der Waals surface area contributed by atoms with E-state index in [1.54, 1.807) is 0 Å². The Hall–Kier alpha value is 0.700. The Balaban J connectivity index is 3.17. The molecule has 0 aliphatic heterocycles. The van der Waals surface area contributed by atoms with Gasteiger partial charge in [-0.25, -0.2) is 0 Å². The van der Waals surface area contributed by atoms with Crippen LogP contribution in [0.4, 0.5) is 0 Å². The summed E-state index contributed by atoms with van der Waals surface area (Å²) >= 11 is 8.82. The predicted molar refractivity (Wildman–Crippen MR) is 55.4 cm³/mol. The predicted octanol–water partition coefficient (Wildman–Crippen LogP) is 3.18. The third kappa shape index (κ3) is 5.48. The van der Waals surface area contributed by atoms with Gasteiger partial charge < -0.3 is 0 Å². The van der Waals surface area contributed by atoms with E-state index in [-0.39, 0.29) is 0 Å². The van der Waals surface area contributed by atoms with E-state index in [1.807, 2.05) is 0 Å². The first-order valence-electron chi connectivity index (χ1n) is 4.06. The normalized spacial score (nSPS) is 16.8. The van der Waals surface area contributed by atoms with Gasteiger partial charge in [-0.3, -0.25) is 0 Å². The molecule has 0 aromatic carbocycles. The van der Waals surface area contributed by atoms with Crippen LogP contribution in [-0.4, -0.2) is 10.5 Å². The third-order valence-corrected chi connectivity index (χ3v) is 3.02. The van der Waals surface area contributed by atoms with Gasteiger partial charge in [-0.05, 0) is 25.7 Å². The molecule has 0 radical (unpaired) electrons. The lowest BCUT2D eigenvalue weighted by Crippen LogP contribution is -2.02. The van der Waals surface area contributed by atoms with Crippen LogP contribution < -0.4 is 0 Å². The summed E-state index contributed by atoms with van der Waals surface area (Å²) in [5, 5.41) is 1.17. The van der Waals surface area contributed by atoms with Crippen molar-refractivity contribution in [2.45, 2.75) is 50.0 Å². The second-order valence-electron chi connectivity index (χ2n) is 2.70. The quantitative estimate of drug-likeness (QED) is 0.594. The van der Waals surface area contributed by atoms with Crippen molar-refractivity contribution in [3.8, 4) is 0 Å². The summed E-state index contributed by atoms with van der Waals surface area (Å²) in [4.78, 5) is 0. The number of hydrogen-bond donors (Lipinski definition) is 2. The maximum Gasteiger partial charge on any atom is 0.00145 e. The zero-order valence-corrected chi connectivity index (χ0v) is 8.67. The van der Waals surface area contributed by atoms with E-state index in [4.69, 9.17) is 0 Å². The third-order valence-electron chi connectivity index (χ3n) is 1.78.